The maximum Gasteiger partial charge on any atom is 0.319 e. The van der Waals surface area contributed by atoms with E-state index in [1.165, 1.54) is 4.70 Å². The van der Waals surface area contributed by atoms with E-state index < -0.39 is 0 Å². The smallest absolute Gasteiger partial charge is 0.319 e. The molecule has 0 atom stereocenters. The Morgan fingerprint density at radius 1 is 0.912 bits per heavy atom. The number of nitrogens with one attached hydrogen (secondary N) is 2. The first-order valence-corrected chi connectivity index (χ1v) is 12.8. The van der Waals surface area contributed by atoms with Gasteiger partial charge in [0.1, 0.15) is 5.52 Å². The van der Waals surface area contributed by atoms with Crippen molar-refractivity contribution in [1.29, 1.82) is 0 Å². The quantitative estimate of drug-likeness (QED) is 0.578. The summed E-state index contributed by atoms with van der Waals surface area (Å²) < 4.78 is 12.3. The zero-order valence-corrected chi connectivity index (χ0v) is 19.9. The predicted octanol–water partition coefficient (Wildman–Crippen LogP) is 3.92. The van der Waals surface area contributed by atoms with Crippen molar-refractivity contribution in [2.45, 2.75) is 18.9 Å². The molecule has 1 saturated carbocycles. The van der Waals surface area contributed by atoms with Crippen LogP contribution in [0.2, 0.25) is 0 Å². The summed E-state index contributed by atoms with van der Waals surface area (Å²) in [6.45, 7) is 6.44. The minimum Gasteiger partial charge on any atom is -0.378 e. The maximum atomic E-state index is 12.1. The molecule has 178 valence electrons. The van der Waals surface area contributed by atoms with Crippen molar-refractivity contribution in [3.8, 4) is 11.1 Å². The monoisotopic (exact) mass is 479 g/mol. The van der Waals surface area contributed by atoms with Gasteiger partial charge in [0, 0.05) is 37.9 Å². The third-order valence-corrected chi connectivity index (χ3v) is 7.55. The highest BCUT2D eigenvalue weighted by molar-refractivity contribution is 7.22. The molecule has 2 amide bonds. The second-order valence-electron chi connectivity index (χ2n) is 8.99. The topological polar surface area (TPSA) is 79.0 Å². The van der Waals surface area contributed by atoms with Gasteiger partial charge in [0.2, 0.25) is 0 Å². The molecule has 3 fully saturated rings. The van der Waals surface area contributed by atoms with Gasteiger partial charge in [-0.25, -0.2) is 9.78 Å². The number of ether oxygens (including phenoxy) is 2. The molecule has 2 aliphatic heterocycles. The normalized spacial score (nSPS) is 18.8. The van der Waals surface area contributed by atoms with Gasteiger partial charge in [0.25, 0.3) is 0 Å². The second kappa shape index (κ2) is 9.40. The number of hydrogen-bond acceptors (Lipinski definition) is 7. The molecule has 6 rings (SSSR count). The summed E-state index contributed by atoms with van der Waals surface area (Å²) in [6.07, 6.45) is 2.15. The molecule has 3 aliphatic rings. The van der Waals surface area contributed by atoms with Crippen molar-refractivity contribution in [1.82, 2.24) is 10.3 Å². The zero-order valence-electron chi connectivity index (χ0n) is 19.1. The third-order valence-electron chi connectivity index (χ3n) is 6.49. The zero-order chi connectivity index (χ0) is 22.9. The molecule has 34 heavy (non-hydrogen) atoms. The average Bonchev–Trinajstić information content (AvgIpc) is 3.58. The molecule has 3 aromatic rings. The van der Waals surface area contributed by atoms with E-state index in [9.17, 15) is 4.79 Å². The van der Waals surface area contributed by atoms with Crippen LogP contribution < -0.4 is 20.4 Å². The van der Waals surface area contributed by atoms with Crippen molar-refractivity contribution in [3.05, 3.63) is 36.4 Å². The van der Waals surface area contributed by atoms with Gasteiger partial charge >= 0.3 is 6.03 Å². The van der Waals surface area contributed by atoms with Gasteiger partial charge in [0.05, 0.1) is 36.8 Å². The van der Waals surface area contributed by atoms with E-state index in [4.69, 9.17) is 14.5 Å². The number of rotatable bonds is 5. The largest absolute Gasteiger partial charge is 0.378 e. The van der Waals surface area contributed by atoms with E-state index in [-0.39, 0.29) is 6.03 Å². The van der Waals surface area contributed by atoms with Gasteiger partial charge in [0.15, 0.2) is 5.13 Å². The number of fused-ring (bicyclic) bond motifs is 1. The van der Waals surface area contributed by atoms with Crippen LogP contribution in [-0.2, 0) is 9.47 Å². The number of anilines is 3. The van der Waals surface area contributed by atoms with Crippen LogP contribution in [0.15, 0.2) is 36.4 Å². The maximum absolute atomic E-state index is 12.1. The fourth-order valence-corrected chi connectivity index (χ4v) is 5.51. The highest BCUT2D eigenvalue weighted by Gasteiger charge is 2.23. The predicted molar refractivity (Wildman–Crippen MR) is 136 cm³/mol. The fraction of sp³-hybridized carbons (Fsp3) is 0.440. The lowest BCUT2D eigenvalue weighted by atomic mass is 10.0. The lowest BCUT2D eigenvalue weighted by Crippen LogP contribution is -2.36. The van der Waals surface area contributed by atoms with E-state index >= 15 is 0 Å². The van der Waals surface area contributed by atoms with E-state index in [2.05, 4.69) is 44.7 Å². The van der Waals surface area contributed by atoms with E-state index in [0.29, 0.717) is 6.04 Å². The molecule has 8 nitrogen and oxygen atoms in total. The van der Waals surface area contributed by atoms with Crippen LogP contribution in [0.3, 0.4) is 0 Å². The lowest BCUT2D eigenvalue weighted by Gasteiger charge is -2.29. The number of morpholine rings is 2. The Morgan fingerprint density at radius 3 is 2.26 bits per heavy atom. The Balaban J connectivity index is 1.31. The van der Waals surface area contributed by atoms with Gasteiger partial charge in [-0.1, -0.05) is 23.5 Å². The molecular weight excluding hydrogens is 450 g/mol. The second-order valence-corrected chi connectivity index (χ2v) is 10.00. The summed E-state index contributed by atoms with van der Waals surface area (Å²) in [7, 11) is 0. The minimum absolute atomic E-state index is 0.133. The molecule has 3 heterocycles. The number of carbonyl (C=O) groups excluding carboxylic acids is 1. The molecule has 1 aliphatic carbocycles. The summed E-state index contributed by atoms with van der Waals surface area (Å²) in [6, 6.07) is 12.8. The molecule has 0 bridgehead atoms. The van der Waals surface area contributed by atoms with E-state index in [1.54, 1.807) is 11.3 Å². The van der Waals surface area contributed by atoms with Crippen LogP contribution >= 0.6 is 11.3 Å². The highest BCUT2D eigenvalue weighted by Crippen LogP contribution is 2.39. The molecule has 2 N–H and O–H groups in total. The van der Waals surface area contributed by atoms with Gasteiger partial charge in [-0.05, 0) is 48.2 Å². The van der Waals surface area contributed by atoms with E-state index in [1.807, 2.05) is 12.1 Å². The van der Waals surface area contributed by atoms with Gasteiger partial charge in [-0.15, -0.1) is 0 Å². The van der Waals surface area contributed by atoms with E-state index in [0.717, 1.165) is 98.6 Å². The number of aromatic nitrogens is 1. The first-order chi connectivity index (χ1) is 16.7. The third kappa shape index (κ3) is 4.68. The molecule has 0 spiro atoms. The first-order valence-electron chi connectivity index (χ1n) is 12.0. The summed E-state index contributed by atoms with van der Waals surface area (Å²) in [5.74, 6) is 0. The molecule has 1 aromatic heterocycles. The Labute approximate surface area is 202 Å². The van der Waals surface area contributed by atoms with Crippen LogP contribution in [0.25, 0.3) is 21.3 Å². The minimum atomic E-state index is -0.133. The van der Waals surface area contributed by atoms with Gasteiger partial charge in [-0.3, -0.25) is 0 Å². The standard InChI is InChI=1S/C25H29N5O3S/c31-24(27-20-5-6-20)26-19-3-1-17(2-4-19)18-15-21(29-7-11-32-12-8-29)23-22(16-18)34-25(28-23)30-9-13-33-14-10-30/h1-4,15-16,20H,5-14H2,(H2,26,27,31). The molecule has 2 aromatic carbocycles. The Morgan fingerprint density at radius 2 is 1.59 bits per heavy atom. The lowest BCUT2D eigenvalue weighted by molar-refractivity contribution is 0.122. The highest BCUT2D eigenvalue weighted by atomic mass is 32.1. The summed E-state index contributed by atoms with van der Waals surface area (Å²) in [4.78, 5) is 21.8. The van der Waals surface area contributed by atoms with Crippen molar-refractivity contribution < 1.29 is 14.3 Å². The van der Waals surface area contributed by atoms with Crippen LogP contribution in [0.1, 0.15) is 12.8 Å². The Hall–Kier alpha value is -2.88. The Bertz CT molecular complexity index is 1170. The summed E-state index contributed by atoms with van der Waals surface area (Å²) in [5, 5.41) is 6.95. The number of urea groups is 1. The van der Waals surface area contributed by atoms with Crippen LogP contribution in [-0.4, -0.2) is 69.7 Å². The van der Waals surface area contributed by atoms with Crippen LogP contribution in [0.5, 0.6) is 0 Å². The first kappa shape index (κ1) is 21.6. The van der Waals surface area contributed by atoms with Gasteiger partial charge in [-0.2, -0.15) is 0 Å². The van der Waals surface area contributed by atoms with Crippen molar-refractivity contribution in [3.63, 3.8) is 0 Å². The van der Waals surface area contributed by atoms with Crippen LogP contribution in [0, 0.1) is 0 Å². The number of nitrogens with zero attached hydrogens (tertiary/aromatic N) is 3. The van der Waals surface area contributed by atoms with Crippen molar-refractivity contribution >= 4 is 44.1 Å². The fourth-order valence-electron chi connectivity index (χ4n) is 4.43. The van der Waals surface area contributed by atoms with Crippen LogP contribution in [0.4, 0.5) is 21.3 Å². The summed E-state index contributed by atoms with van der Waals surface area (Å²) in [5.41, 5.74) is 5.29. The Kier molecular flexibility index (Phi) is 5.98. The van der Waals surface area contributed by atoms with Gasteiger partial charge < -0.3 is 29.9 Å². The number of benzene rings is 2. The van der Waals surface area contributed by atoms with Crippen molar-refractivity contribution in [2.24, 2.45) is 0 Å². The molecule has 2 saturated heterocycles. The van der Waals surface area contributed by atoms with Crippen molar-refractivity contribution in [2.75, 3.05) is 67.7 Å². The number of hydrogen-bond donors (Lipinski definition) is 2. The number of amides is 2. The molecule has 9 heteroatoms. The molecule has 0 radical (unpaired) electrons. The molecule has 0 unspecified atom stereocenters. The summed E-state index contributed by atoms with van der Waals surface area (Å²) >= 11 is 1.75. The number of thiazole rings is 1. The number of carbonyl (C=O) groups is 1. The SMILES string of the molecule is O=C(Nc1ccc(-c2cc(N3CCOCC3)c3nc(N4CCOCC4)sc3c2)cc1)NC1CC1. The molecular formula is C25H29N5O3S. The average molecular weight is 480 g/mol.